The van der Waals surface area contributed by atoms with Crippen molar-refractivity contribution >= 4 is 5.91 Å². The fourth-order valence-corrected chi connectivity index (χ4v) is 0.993. The molecule has 1 N–H and O–H groups in total. The van der Waals surface area contributed by atoms with E-state index in [-0.39, 0.29) is 7.33 Å². The smallest absolute Gasteiger partial charge is 0.216 e. The van der Waals surface area contributed by atoms with Gasteiger partial charge in [0, 0.05) is 14.9 Å². The Hall–Kier alpha value is -0.530. The molecule has 0 radical (unpaired) electrons. The van der Waals surface area contributed by atoms with Gasteiger partial charge in [0.05, 0.1) is 0 Å². The van der Waals surface area contributed by atoms with Crippen LogP contribution in [0.5, 0.6) is 0 Å². The first-order chi connectivity index (χ1) is 8.68. The Morgan fingerprint density at radius 2 is 1.28 bits per heavy atom. The Morgan fingerprint density at radius 3 is 1.61 bits per heavy atom. The van der Waals surface area contributed by atoms with Crippen molar-refractivity contribution < 1.29 is 6.22 Å². The minimum Gasteiger partial charge on any atom is -0.356 e. The second-order valence-electron chi connectivity index (χ2n) is 3.60. The van der Waals surface area contributed by atoms with Gasteiger partial charge >= 0.3 is 0 Å². The summed E-state index contributed by atoms with van der Waals surface area (Å²) in [6.07, 6.45) is 7.52. The van der Waals surface area contributed by atoms with Crippen molar-refractivity contribution in [2.75, 3.05) is 6.54 Å². The van der Waals surface area contributed by atoms with E-state index in [9.17, 15) is 4.79 Å². The van der Waals surface area contributed by atoms with Crippen molar-refractivity contribution in [3.8, 4) is 0 Å². The molecule has 2 heteroatoms. The van der Waals surface area contributed by atoms with E-state index < -0.39 is 0 Å². The van der Waals surface area contributed by atoms with Crippen molar-refractivity contribution in [2.45, 2.75) is 93.9 Å². The van der Waals surface area contributed by atoms with Gasteiger partial charge < -0.3 is 5.32 Å². The number of carbonyl (C=O) groups excluding carboxylic acids is 1. The maximum Gasteiger partial charge on any atom is 0.216 e. The van der Waals surface area contributed by atoms with E-state index in [0.717, 1.165) is 13.0 Å². The monoisotopic (exact) mass is 263 g/mol. The topological polar surface area (TPSA) is 29.1 Å². The Labute approximate surface area is 118 Å². The van der Waals surface area contributed by atoms with Gasteiger partial charge in [0.2, 0.25) is 5.91 Å². The van der Waals surface area contributed by atoms with Crippen LogP contribution in [-0.4, -0.2) is 12.5 Å². The summed E-state index contributed by atoms with van der Waals surface area (Å²) in [5.41, 5.74) is 0. The summed E-state index contributed by atoms with van der Waals surface area (Å²) < 4.78 is 0. The van der Waals surface area contributed by atoms with Gasteiger partial charge in [-0.1, -0.05) is 80.6 Å². The molecule has 116 valence electrons. The standard InChI is InChI=1S/C9H19NO.C3H8.2C2H6.H2/c1-3-4-5-6-7-8-10-9(2)11;1-3-2;2*1-2;/h3-8H2,1-2H3,(H,10,11);3H2,1-2H3;2*1-2H3;1H. The average molecular weight is 264 g/mol. The number of carbonyl (C=O) groups is 1. The summed E-state index contributed by atoms with van der Waals surface area (Å²) in [5.74, 6) is 0.0838. The number of hydrogen-bond donors (Lipinski definition) is 1. The highest BCUT2D eigenvalue weighted by molar-refractivity contribution is 5.72. The van der Waals surface area contributed by atoms with Crippen molar-refractivity contribution in [3.05, 3.63) is 0 Å². The quantitative estimate of drug-likeness (QED) is 0.602. The normalized spacial score (nSPS) is 7.56. The molecule has 0 aliphatic heterocycles. The highest BCUT2D eigenvalue weighted by atomic mass is 16.1. The molecule has 1 amide bonds. The van der Waals surface area contributed by atoms with Crippen LogP contribution < -0.4 is 5.32 Å². The third-order valence-corrected chi connectivity index (χ3v) is 1.65. The third-order valence-electron chi connectivity index (χ3n) is 1.65. The van der Waals surface area contributed by atoms with Crippen LogP contribution in [0.25, 0.3) is 0 Å². The molecule has 18 heavy (non-hydrogen) atoms. The minimum atomic E-state index is 0. The molecular weight excluding hydrogens is 222 g/mol. The van der Waals surface area contributed by atoms with Crippen LogP contribution in [0, 0.1) is 0 Å². The lowest BCUT2D eigenvalue weighted by atomic mass is 10.1. The molecule has 0 saturated carbocycles. The lowest BCUT2D eigenvalue weighted by Gasteiger charge is -2.00. The Balaban J connectivity index is -0.0000000697. The molecule has 0 aromatic heterocycles. The second kappa shape index (κ2) is 36.0. The lowest BCUT2D eigenvalue weighted by molar-refractivity contribution is -0.118. The van der Waals surface area contributed by atoms with Crippen molar-refractivity contribution in [3.63, 3.8) is 0 Å². The van der Waals surface area contributed by atoms with E-state index in [4.69, 9.17) is 0 Å². The van der Waals surface area contributed by atoms with Crippen LogP contribution in [0.15, 0.2) is 0 Å². The number of amides is 1. The zero-order chi connectivity index (χ0) is 15.2. The van der Waals surface area contributed by atoms with Gasteiger partial charge in [-0.25, -0.2) is 0 Å². The molecule has 0 aromatic carbocycles. The van der Waals surface area contributed by atoms with Crippen LogP contribution in [0.4, 0.5) is 0 Å². The number of hydrogen-bond acceptors (Lipinski definition) is 1. The third kappa shape index (κ3) is 58.0. The van der Waals surface area contributed by atoms with Gasteiger partial charge in [0.25, 0.3) is 0 Å². The molecule has 2 nitrogen and oxygen atoms in total. The zero-order valence-corrected chi connectivity index (χ0v) is 14.4. The van der Waals surface area contributed by atoms with Crippen LogP contribution in [-0.2, 0) is 4.79 Å². The van der Waals surface area contributed by atoms with E-state index in [1.807, 2.05) is 27.7 Å². The van der Waals surface area contributed by atoms with Gasteiger partial charge in [-0.2, -0.15) is 0 Å². The first kappa shape index (κ1) is 26.1. The molecule has 0 bridgehead atoms. The maximum atomic E-state index is 10.4. The molecule has 0 aliphatic carbocycles. The van der Waals surface area contributed by atoms with E-state index >= 15 is 0 Å². The van der Waals surface area contributed by atoms with Crippen LogP contribution in [0.1, 0.15) is 95.3 Å². The highest BCUT2D eigenvalue weighted by Gasteiger charge is 1.90. The van der Waals surface area contributed by atoms with Gasteiger partial charge in [-0.3, -0.25) is 4.79 Å². The predicted octanol–water partition coefficient (Wildman–Crippen LogP) is 5.81. The molecule has 0 fully saturated rings. The Bertz CT molecular complexity index is 119. The first-order valence-electron chi connectivity index (χ1n) is 7.93. The fourth-order valence-electron chi connectivity index (χ4n) is 0.993. The molecule has 0 saturated heterocycles. The Kier molecular flexibility index (Phi) is 52.2. The molecule has 0 unspecified atom stereocenters. The van der Waals surface area contributed by atoms with Crippen molar-refractivity contribution in [1.82, 2.24) is 5.32 Å². The summed E-state index contributed by atoms with van der Waals surface area (Å²) in [7, 11) is 0. The molecule has 0 spiro atoms. The van der Waals surface area contributed by atoms with Gasteiger partial charge in [-0.15, -0.1) is 0 Å². The van der Waals surface area contributed by atoms with E-state index in [2.05, 4.69) is 26.1 Å². The largest absolute Gasteiger partial charge is 0.356 e. The molecule has 0 aromatic rings. The number of rotatable bonds is 6. The molecule has 0 heterocycles. The molecule has 0 atom stereocenters. The van der Waals surface area contributed by atoms with Gasteiger partial charge in [-0.05, 0) is 6.42 Å². The first-order valence-corrected chi connectivity index (χ1v) is 7.93. The fraction of sp³-hybridized carbons (Fsp3) is 0.938. The van der Waals surface area contributed by atoms with Crippen LogP contribution >= 0.6 is 0 Å². The van der Waals surface area contributed by atoms with Gasteiger partial charge in [0.15, 0.2) is 0 Å². The summed E-state index contributed by atoms with van der Waals surface area (Å²) in [5, 5.41) is 2.78. The molecular formula is C16H41NO. The average Bonchev–Trinajstić information content (AvgIpc) is 2.39. The summed E-state index contributed by atoms with van der Waals surface area (Å²) in [6.45, 7) is 16.9. The summed E-state index contributed by atoms with van der Waals surface area (Å²) in [6, 6.07) is 0. The van der Waals surface area contributed by atoms with Crippen LogP contribution in [0.2, 0.25) is 0 Å². The highest BCUT2D eigenvalue weighted by Crippen LogP contribution is 2.00. The number of nitrogens with one attached hydrogen (secondary N) is 1. The SMILES string of the molecule is CC.CC.CCC.CCCCCCCNC(C)=O.[HH]. The lowest BCUT2D eigenvalue weighted by Crippen LogP contribution is -2.20. The van der Waals surface area contributed by atoms with E-state index in [1.165, 1.54) is 32.1 Å². The Morgan fingerprint density at radius 1 is 0.889 bits per heavy atom. The van der Waals surface area contributed by atoms with Crippen LogP contribution in [0.3, 0.4) is 0 Å². The van der Waals surface area contributed by atoms with Crippen molar-refractivity contribution in [1.29, 1.82) is 0 Å². The molecule has 0 aliphatic rings. The predicted molar refractivity (Wildman–Crippen MR) is 88.2 cm³/mol. The van der Waals surface area contributed by atoms with Crippen molar-refractivity contribution in [2.24, 2.45) is 0 Å². The van der Waals surface area contributed by atoms with E-state index in [0.29, 0.717) is 0 Å². The zero-order valence-electron chi connectivity index (χ0n) is 14.4. The summed E-state index contributed by atoms with van der Waals surface area (Å²) >= 11 is 0. The minimum absolute atomic E-state index is 0. The van der Waals surface area contributed by atoms with Gasteiger partial charge in [0.1, 0.15) is 0 Å². The van der Waals surface area contributed by atoms with E-state index in [1.54, 1.807) is 6.92 Å². The maximum absolute atomic E-state index is 10.4. The second-order valence-corrected chi connectivity index (χ2v) is 3.60. The number of unbranched alkanes of at least 4 members (excludes halogenated alkanes) is 4. The molecule has 0 rings (SSSR count). The summed E-state index contributed by atoms with van der Waals surface area (Å²) in [4.78, 5) is 10.4.